The second-order valence-corrected chi connectivity index (χ2v) is 8.33. The van der Waals surface area contributed by atoms with Crippen molar-refractivity contribution in [2.24, 2.45) is 0 Å². The van der Waals surface area contributed by atoms with Gasteiger partial charge in [0, 0.05) is 25.1 Å². The van der Waals surface area contributed by atoms with Crippen LogP contribution in [0.4, 0.5) is 5.69 Å². The zero-order chi connectivity index (χ0) is 21.3. The van der Waals surface area contributed by atoms with E-state index in [1.165, 1.54) is 11.4 Å². The van der Waals surface area contributed by atoms with Crippen molar-refractivity contribution in [2.75, 3.05) is 30.8 Å². The number of methoxy groups -OCH3 is 1. The standard InChI is InChI=1S/C21H28N2O5S/c1-4-28-19-12-7-5-10-17(19)16-22-21(24)14-9-15-23(29(3,25)26)18-11-6-8-13-20(18)27-2/h5-8,10-13H,4,9,14-16H2,1-3H3,(H,22,24). The molecule has 0 saturated heterocycles. The number of carbonyl (C=O) groups excluding carboxylic acids is 1. The Labute approximate surface area is 172 Å². The van der Waals surface area contributed by atoms with Gasteiger partial charge in [0.1, 0.15) is 11.5 Å². The predicted octanol–water partition coefficient (Wildman–Crippen LogP) is 2.96. The molecule has 0 aliphatic heterocycles. The van der Waals surface area contributed by atoms with Gasteiger partial charge in [-0.25, -0.2) is 8.42 Å². The fraction of sp³-hybridized carbons (Fsp3) is 0.381. The third kappa shape index (κ3) is 6.67. The van der Waals surface area contributed by atoms with Gasteiger partial charge in [0.15, 0.2) is 0 Å². The summed E-state index contributed by atoms with van der Waals surface area (Å²) in [5.74, 6) is 1.06. The Kier molecular flexibility index (Phi) is 8.33. The summed E-state index contributed by atoms with van der Waals surface area (Å²) in [6.45, 7) is 3.00. The van der Waals surface area contributed by atoms with Gasteiger partial charge < -0.3 is 14.8 Å². The summed E-state index contributed by atoms with van der Waals surface area (Å²) >= 11 is 0. The molecule has 158 valence electrons. The molecule has 0 radical (unpaired) electrons. The Morgan fingerprint density at radius 3 is 2.38 bits per heavy atom. The van der Waals surface area contributed by atoms with Crippen molar-refractivity contribution in [3.63, 3.8) is 0 Å². The minimum atomic E-state index is -3.51. The van der Waals surface area contributed by atoms with Crippen molar-refractivity contribution < 1.29 is 22.7 Å². The molecule has 29 heavy (non-hydrogen) atoms. The molecule has 7 nitrogen and oxygen atoms in total. The zero-order valence-electron chi connectivity index (χ0n) is 17.1. The molecule has 0 aromatic heterocycles. The number of nitrogens with one attached hydrogen (secondary N) is 1. The van der Waals surface area contributed by atoms with Crippen LogP contribution < -0.4 is 19.1 Å². The SMILES string of the molecule is CCOc1ccccc1CNC(=O)CCCN(c1ccccc1OC)S(C)(=O)=O. The van der Waals surface area contributed by atoms with Gasteiger partial charge >= 0.3 is 0 Å². The van der Waals surface area contributed by atoms with Gasteiger partial charge in [-0.05, 0) is 31.5 Å². The van der Waals surface area contributed by atoms with Crippen molar-refractivity contribution in [1.82, 2.24) is 5.32 Å². The van der Waals surface area contributed by atoms with E-state index in [-0.39, 0.29) is 18.9 Å². The average molecular weight is 421 g/mol. The van der Waals surface area contributed by atoms with E-state index in [0.29, 0.717) is 31.0 Å². The van der Waals surface area contributed by atoms with Crippen LogP contribution >= 0.6 is 0 Å². The molecule has 0 spiro atoms. The number of anilines is 1. The van der Waals surface area contributed by atoms with Gasteiger partial charge in [-0.2, -0.15) is 0 Å². The first-order valence-electron chi connectivity index (χ1n) is 9.45. The number of sulfonamides is 1. The molecule has 8 heteroatoms. The van der Waals surface area contributed by atoms with Gasteiger partial charge in [0.25, 0.3) is 0 Å². The summed E-state index contributed by atoms with van der Waals surface area (Å²) in [5.41, 5.74) is 1.36. The summed E-state index contributed by atoms with van der Waals surface area (Å²) in [4.78, 5) is 12.2. The maximum absolute atomic E-state index is 12.2. The Hall–Kier alpha value is -2.74. The van der Waals surface area contributed by atoms with Crippen LogP contribution in [0, 0.1) is 0 Å². The quantitative estimate of drug-likeness (QED) is 0.604. The third-order valence-corrected chi connectivity index (χ3v) is 5.45. The van der Waals surface area contributed by atoms with Crippen molar-refractivity contribution in [1.29, 1.82) is 0 Å². The van der Waals surface area contributed by atoms with Crippen LogP contribution in [0.5, 0.6) is 11.5 Å². The molecule has 1 amide bonds. The van der Waals surface area contributed by atoms with E-state index in [9.17, 15) is 13.2 Å². The lowest BCUT2D eigenvalue weighted by Crippen LogP contribution is -2.32. The molecule has 0 heterocycles. The van der Waals surface area contributed by atoms with E-state index < -0.39 is 10.0 Å². The maximum Gasteiger partial charge on any atom is 0.232 e. The highest BCUT2D eigenvalue weighted by molar-refractivity contribution is 7.92. The minimum absolute atomic E-state index is 0.148. The Morgan fingerprint density at radius 1 is 1.07 bits per heavy atom. The van der Waals surface area contributed by atoms with Crippen molar-refractivity contribution in [2.45, 2.75) is 26.3 Å². The smallest absolute Gasteiger partial charge is 0.232 e. The predicted molar refractivity (Wildman–Crippen MR) is 114 cm³/mol. The summed E-state index contributed by atoms with van der Waals surface area (Å²) in [6.07, 6.45) is 1.73. The Bertz CT molecular complexity index is 915. The molecular weight excluding hydrogens is 392 g/mol. The molecule has 1 N–H and O–H groups in total. The van der Waals surface area contributed by atoms with Gasteiger partial charge in [-0.15, -0.1) is 0 Å². The number of nitrogens with zero attached hydrogens (tertiary/aromatic N) is 1. The van der Waals surface area contributed by atoms with Gasteiger partial charge in [0.05, 0.1) is 25.7 Å². The number of ether oxygens (including phenoxy) is 2. The third-order valence-electron chi connectivity index (χ3n) is 4.27. The topological polar surface area (TPSA) is 84.9 Å². The lowest BCUT2D eigenvalue weighted by atomic mass is 10.2. The lowest BCUT2D eigenvalue weighted by Gasteiger charge is -2.24. The highest BCUT2D eigenvalue weighted by Gasteiger charge is 2.20. The number of hydrogen-bond acceptors (Lipinski definition) is 5. The number of rotatable bonds is 11. The number of amides is 1. The van der Waals surface area contributed by atoms with Crippen molar-refractivity contribution in [3.8, 4) is 11.5 Å². The minimum Gasteiger partial charge on any atom is -0.495 e. The second-order valence-electron chi connectivity index (χ2n) is 6.43. The van der Waals surface area contributed by atoms with Crippen LogP contribution in [0.15, 0.2) is 48.5 Å². The summed E-state index contributed by atoms with van der Waals surface area (Å²) in [7, 11) is -2.02. The van der Waals surface area contributed by atoms with Crippen LogP contribution in [0.2, 0.25) is 0 Å². The Balaban J connectivity index is 1.94. The van der Waals surface area contributed by atoms with E-state index in [2.05, 4.69) is 5.32 Å². The average Bonchev–Trinajstić information content (AvgIpc) is 2.70. The Morgan fingerprint density at radius 2 is 1.72 bits per heavy atom. The van der Waals surface area contributed by atoms with E-state index in [1.54, 1.807) is 24.3 Å². The number of carbonyl (C=O) groups is 1. The second kappa shape index (κ2) is 10.7. The fourth-order valence-corrected chi connectivity index (χ4v) is 3.88. The van der Waals surface area contributed by atoms with Crippen LogP contribution in [0.1, 0.15) is 25.3 Å². The van der Waals surface area contributed by atoms with E-state index >= 15 is 0 Å². The van der Waals surface area contributed by atoms with Crippen molar-refractivity contribution >= 4 is 21.6 Å². The van der Waals surface area contributed by atoms with Gasteiger partial charge in [-0.3, -0.25) is 9.10 Å². The largest absolute Gasteiger partial charge is 0.495 e. The normalized spacial score (nSPS) is 11.0. The zero-order valence-corrected chi connectivity index (χ0v) is 17.9. The molecule has 2 aromatic carbocycles. The molecule has 0 aliphatic rings. The molecule has 0 saturated carbocycles. The highest BCUT2D eigenvalue weighted by Crippen LogP contribution is 2.29. The van der Waals surface area contributed by atoms with Crippen LogP contribution in [-0.4, -0.2) is 40.8 Å². The van der Waals surface area contributed by atoms with Crippen LogP contribution in [-0.2, 0) is 21.4 Å². The van der Waals surface area contributed by atoms with Crippen molar-refractivity contribution in [3.05, 3.63) is 54.1 Å². The summed E-state index contributed by atoms with van der Waals surface area (Å²) in [5, 5.41) is 2.86. The molecule has 2 aromatic rings. The lowest BCUT2D eigenvalue weighted by molar-refractivity contribution is -0.121. The van der Waals surface area contributed by atoms with Crippen LogP contribution in [0.3, 0.4) is 0 Å². The summed E-state index contributed by atoms with van der Waals surface area (Å²) < 4.78 is 36.6. The van der Waals surface area contributed by atoms with E-state index in [0.717, 1.165) is 17.6 Å². The van der Waals surface area contributed by atoms with E-state index in [4.69, 9.17) is 9.47 Å². The monoisotopic (exact) mass is 420 g/mol. The molecule has 0 aliphatic carbocycles. The molecule has 0 unspecified atom stereocenters. The van der Waals surface area contributed by atoms with Gasteiger partial charge in [0.2, 0.25) is 15.9 Å². The van der Waals surface area contributed by atoms with Gasteiger partial charge in [-0.1, -0.05) is 30.3 Å². The number of para-hydroxylation sites is 3. The molecule has 0 fully saturated rings. The number of benzene rings is 2. The molecule has 2 rings (SSSR count). The first-order valence-corrected chi connectivity index (χ1v) is 11.3. The summed E-state index contributed by atoms with van der Waals surface area (Å²) in [6, 6.07) is 14.4. The number of hydrogen-bond donors (Lipinski definition) is 1. The molecular formula is C21H28N2O5S. The highest BCUT2D eigenvalue weighted by atomic mass is 32.2. The maximum atomic E-state index is 12.2. The van der Waals surface area contributed by atoms with Crippen LogP contribution in [0.25, 0.3) is 0 Å². The first-order chi connectivity index (χ1) is 13.9. The fourth-order valence-electron chi connectivity index (χ4n) is 2.91. The molecule has 0 atom stereocenters. The first kappa shape index (κ1) is 22.5. The van der Waals surface area contributed by atoms with E-state index in [1.807, 2.05) is 31.2 Å². The molecule has 0 bridgehead atoms.